The summed E-state index contributed by atoms with van der Waals surface area (Å²) in [5, 5.41) is 9.24. The smallest absolute Gasteiger partial charge is 0.335 e. The van der Waals surface area contributed by atoms with Crippen molar-refractivity contribution in [3.05, 3.63) is 90.0 Å². The topological polar surface area (TPSA) is 110 Å². The molecule has 0 atom stereocenters. The average molecular weight is 445 g/mol. The van der Waals surface area contributed by atoms with Crippen LogP contribution in [-0.2, 0) is 0 Å². The number of anilines is 2. The molecule has 4 aromatic rings. The van der Waals surface area contributed by atoms with Crippen molar-refractivity contribution in [2.24, 2.45) is 0 Å². The Balaban J connectivity index is 1.68. The summed E-state index contributed by atoms with van der Waals surface area (Å²) < 4.78 is 9.04. The van der Waals surface area contributed by atoms with E-state index in [1.165, 1.54) is 24.1 Å². The zero-order valence-electron chi connectivity index (χ0n) is 17.1. The molecule has 8 heteroatoms. The third-order valence-corrected chi connectivity index (χ3v) is 5.32. The average Bonchev–Trinajstić information content (AvgIpc) is 2.78. The van der Waals surface area contributed by atoms with Gasteiger partial charge in [0.2, 0.25) is 11.8 Å². The molecule has 7 nitrogen and oxygen atoms in total. The second-order valence-electron chi connectivity index (χ2n) is 6.94. The molecule has 3 aromatic carbocycles. The van der Waals surface area contributed by atoms with Gasteiger partial charge in [-0.25, -0.2) is 9.78 Å². The number of aromatic nitrogens is 2. The SMILES string of the molecule is Cc1ccccc1-c1cc(Oc2cccc(C(=O)O)c2)nc(NSc2cccc(N)c2)n1. The zero-order chi connectivity index (χ0) is 22.5. The lowest BCUT2D eigenvalue weighted by Crippen LogP contribution is -2.01. The fourth-order valence-electron chi connectivity index (χ4n) is 3.02. The van der Waals surface area contributed by atoms with Crippen LogP contribution in [0.4, 0.5) is 11.6 Å². The van der Waals surface area contributed by atoms with E-state index in [0.717, 1.165) is 16.0 Å². The highest BCUT2D eigenvalue weighted by atomic mass is 32.2. The van der Waals surface area contributed by atoms with E-state index in [1.807, 2.05) is 55.5 Å². The van der Waals surface area contributed by atoms with E-state index < -0.39 is 5.97 Å². The van der Waals surface area contributed by atoms with Crippen molar-refractivity contribution in [3.8, 4) is 22.9 Å². The first kappa shape index (κ1) is 21.2. The summed E-state index contributed by atoms with van der Waals surface area (Å²) in [7, 11) is 0. The second-order valence-corrected chi connectivity index (χ2v) is 7.82. The van der Waals surface area contributed by atoms with Gasteiger partial charge in [-0.1, -0.05) is 36.4 Å². The number of carbonyl (C=O) groups is 1. The van der Waals surface area contributed by atoms with Gasteiger partial charge in [-0.3, -0.25) is 4.72 Å². The predicted octanol–water partition coefficient (Wildman–Crippen LogP) is 5.64. The van der Waals surface area contributed by atoms with E-state index in [0.29, 0.717) is 23.1 Å². The molecule has 0 aliphatic heterocycles. The van der Waals surface area contributed by atoms with E-state index in [4.69, 9.17) is 10.5 Å². The predicted molar refractivity (Wildman–Crippen MR) is 126 cm³/mol. The van der Waals surface area contributed by atoms with Crippen LogP contribution in [0.5, 0.6) is 11.6 Å². The lowest BCUT2D eigenvalue weighted by atomic mass is 10.1. The number of aryl methyl sites for hydroxylation is 1. The fourth-order valence-corrected chi connectivity index (χ4v) is 3.66. The van der Waals surface area contributed by atoms with Gasteiger partial charge in [0.05, 0.1) is 11.3 Å². The van der Waals surface area contributed by atoms with Gasteiger partial charge in [0.15, 0.2) is 0 Å². The standard InChI is InChI=1S/C24H20N4O3S/c1-15-6-2-3-11-20(15)21-14-22(31-18-9-4-7-16(12-18)23(29)30)27-24(26-21)28-32-19-10-5-8-17(25)13-19/h2-14H,25H2,1H3,(H,29,30)(H,26,27,28). The molecule has 0 aliphatic rings. The first-order chi connectivity index (χ1) is 15.5. The third-order valence-electron chi connectivity index (χ3n) is 4.55. The Morgan fingerprint density at radius 3 is 2.59 bits per heavy atom. The summed E-state index contributed by atoms with van der Waals surface area (Å²) in [6.07, 6.45) is 0. The van der Waals surface area contributed by atoms with Crippen molar-refractivity contribution >= 4 is 29.6 Å². The maximum Gasteiger partial charge on any atom is 0.335 e. The molecule has 0 amide bonds. The van der Waals surface area contributed by atoms with Gasteiger partial charge < -0.3 is 15.6 Å². The molecule has 1 aromatic heterocycles. The number of carboxylic acid groups (broad SMARTS) is 1. The lowest BCUT2D eigenvalue weighted by Gasteiger charge is -2.12. The second kappa shape index (κ2) is 9.40. The minimum absolute atomic E-state index is 0.131. The first-order valence-electron chi connectivity index (χ1n) is 9.72. The molecule has 4 rings (SSSR count). The Morgan fingerprint density at radius 2 is 1.81 bits per heavy atom. The highest BCUT2D eigenvalue weighted by molar-refractivity contribution is 8.00. The summed E-state index contributed by atoms with van der Waals surface area (Å²) in [5.41, 5.74) is 9.32. The Bertz CT molecular complexity index is 1280. The number of carboxylic acids is 1. The molecule has 0 saturated carbocycles. The molecule has 0 aliphatic carbocycles. The summed E-state index contributed by atoms with van der Waals surface area (Å²) in [5.74, 6) is -0.0209. The Hall–Kier alpha value is -4.04. The summed E-state index contributed by atoms with van der Waals surface area (Å²) in [6, 6.07) is 23.3. The number of hydrogen-bond donors (Lipinski definition) is 3. The number of aromatic carboxylic acids is 1. The van der Waals surface area contributed by atoms with Gasteiger partial charge >= 0.3 is 5.97 Å². The van der Waals surface area contributed by atoms with E-state index in [1.54, 1.807) is 18.2 Å². The van der Waals surface area contributed by atoms with E-state index >= 15 is 0 Å². The van der Waals surface area contributed by atoms with Crippen molar-refractivity contribution in [3.63, 3.8) is 0 Å². The van der Waals surface area contributed by atoms with E-state index in [-0.39, 0.29) is 11.4 Å². The van der Waals surface area contributed by atoms with Gasteiger partial charge in [-0.15, -0.1) is 0 Å². The molecule has 0 fully saturated rings. The molecular formula is C24H20N4O3S. The molecule has 32 heavy (non-hydrogen) atoms. The van der Waals surface area contributed by atoms with Crippen molar-refractivity contribution in [1.82, 2.24) is 9.97 Å². The number of rotatable bonds is 7. The number of nitrogens with zero attached hydrogens (tertiary/aromatic N) is 2. The van der Waals surface area contributed by atoms with Gasteiger partial charge in [-0.2, -0.15) is 4.98 Å². The van der Waals surface area contributed by atoms with Gasteiger partial charge in [0.25, 0.3) is 0 Å². The van der Waals surface area contributed by atoms with Crippen molar-refractivity contribution in [2.75, 3.05) is 10.5 Å². The number of nitrogen functional groups attached to an aromatic ring is 1. The minimum atomic E-state index is -1.03. The Kier molecular flexibility index (Phi) is 6.23. The summed E-state index contributed by atoms with van der Waals surface area (Å²) in [4.78, 5) is 21.3. The number of nitrogens with one attached hydrogen (secondary N) is 1. The molecule has 0 radical (unpaired) electrons. The van der Waals surface area contributed by atoms with Crippen LogP contribution in [-0.4, -0.2) is 21.0 Å². The van der Waals surface area contributed by atoms with Gasteiger partial charge in [0.1, 0.15) is 5.75 Å². The monoisotopic (exact) mass is 444 g/mol. The molecular weight excluding hydrogens is 424 g/mol. The largest absolute Gasteiger partial charge is 0.478 e. The molecule has 4 N–H and O–H groups in total. The molecule has 0 unspecified atom stereocenters. The number of nitrogens with two attached hydrogens (primary N) is 1. The minimum Gasteiger partial charge on any atom is -0.478 e. The quantitative estimate of drug-likeness (QED) is 0.248. The maximum atomic E-state index is 11.3. The van der Waals surface area contributed by atoms with Crippen LogP contribution in [0.3, 0.4) is 0 Å². The number of hydrogen-bond acceptors (Lipinski definition) is 7. The molecule has 160 valence electrons. The van der Waals surface area contributed by atoms with Gasteiger partial charge in [0, 0.05) is 22.2 Å². The lowest BCUT2D eigenvalue weighted by molar-refractivity contribution is 0.0696. The normalized spacial score (nSPS) is 10.5. The Labute approximate surface area is 189 Å². The van der Waals surface area contributed by atoms with Crippen LogP contribution in [0, 0.1) is 6.92 Å². The van der Waals surface area contributed by atoms with Crippen LogP contribution < -0.4 is 15.2 Å². The van der Waals surface area contributed by atoms with Crippen LogP contribution >= 0.6 is 11.9 Å². The van der Waals surface area contributed by atoms with Crippen LogP contribution in [0.25, 0.3) is 11.3 Å². The molecule has 1 heterocycles. The highest BCUT2D eigenvalue weighted by Gasteiger charge is 2.12. The number of ether oxygens (including phenoxy) is 1. The Morgan fingerprint density at radius 1 is 1.00 bits per heavy atom. The summed E-state index contributed by atoms with van der Waals surface area (Å²) in [6.45, 7) is 2.00. The van der Waals surface area contributed by atoms with Crippen LogP contribution in [0.1, 0.15) is 15.9 Å². The van der Waals surface area contributed by atoms with Crippen molar-refractivity contribution < 1.29 is 14.6 Å². The molecule has 0 bridgehead atoms. The fraction of sp³-hybridized carbons (Fsp3) is 0.0417. The molecule has 0 saturated heterocycles. The van der Waals surface area contributed by atoms with Crippen molar-refractivity contribution in [1.29, 1.82) is 0 Å². The van der Waals surface area contributed by atoms with E-state index in [9.17, 15) is 9.90 Å². The van der Waals surface area contributed by atoms with Crippen LogP contribution in [0.15, 0.2) is 83.8 Å². The summed E-state index contributed by atoms with van der Waals surface area (Å²) >= 11 is 1.33. The highest BCUT2D eigenvalue weighted by Crippen LogP contribution is 2.30. The van der Waals surface area contributed by atoms with Crippen molar-refractivity contribution in [2.45, 2.75) is 11.8 Å². The van der Waals surface area contributed by atoms with Gasteiger partial charge in [-0.05, 0) is 60.8 Å². The van der Waals surface area contributed by atoms with Crippen LogP contribution in [0.2, 0.25) is 0 Å². The third kappa shape index (κ3) is 5.16. The molecule has 0 spiro atoms. The maximum absolute atomic E-state index is 11.3. The zero-order valence-corrected chi connectivity index (χ0v) is 18.0. The van der Waals surface area contributed by atoms with E-state index in [2.05, 4.69) is 14.7 Å². The number of benzene rings is 3. The first-order valence-corrected chi connectivity index (χ1v) is 10.5.